The topological polar surface area (TPSA) is 34.9 Å². The van der Waals surface area contributed by atoms with Crippen LogP contribution >= 0.6 is 15.9 Å². The summed E-state index contributed by atoms with van der Waals surface area (Å²) in [5, 5.41) is 5.94. The van der Waals surface area contributed by atoms with E-state index in [1.807, 2.05) is 28.9 Å². The van der Waals surface area contributed by atoms with Crippen molar-refractivity contribution in [3.05, 3.63) is 40.7 Å². The predicted molar refractivity (Wildman–Crippen MR) is 78.1 cm³/mol. The number of hydrogen-bond donors (Lipinski definition) is 0. The Balaban J connectivity index is 2.46. The highest BCUT2D eigenvalue weighted by atomic mass is 79.9. The number of rotatable bonds is 4. The van der Waals surface area contributed by atoms with Crippen LogP contribution < -0.4 is 5.43 Å². The molecule has 0 radical (unpaired) electrons. The van der Waals surface area contributed by atoms with Gasteiger partial charge in [0.15, 0.2) is 0 Å². The Bertz CT molecular complexity index is 592. The van der Waals surface area contributed by atoms with Gasteiger partial charge in [0.25, 0.3) is 0 Å². The van der Waals surface area contributed by atoms with Gasteiger partial charge in [0.2, 0.25) is 5.43 Å². The zero-order valence-electron chi connectivity index (χ0n) is 10.6. The first kappa shape index (κ1) is 13.3. The maximum absolute atomic E-state index is 11.7. The summed E-state index contributed by atoms with van der Waals surface area (Å²) in [6.07, 6.45) is 1.41. The summed E-state index contributed by atoms with van der Waals surface area (Å²) in [7, 11) is 0. The first-order valence-corrected chi connectivity index (χ1v) is 7.26. The molecule has 1 aromatic carbocycles. The van der Waals surface area contributed by atoms with Crippen LogP contribution in [-0.4, -0.2) is 15.1 Å². The molecule has 0 N–H and O–H groups in total. The Labute approximate surface area is 115 Å². The van der Waals surface area contributed by atoms with E-state index in [4.69, 9.17) is 0 Å². The van der Waals surface area contributed by atoms with Crippen LogP contribution in [0.4, 0.5) is 0 Å². The van der Waals surface area contributed by atoms with Crippen LogP contribution in [0.25, 0.3) is 10.9 Å². The molecule has 2 rings (SSSR count). The lowest BCUT2D eigenvalue weighted by Gasteiger charge is -2.20. The third-order valence-electron chi connectivity index (χ3n) is 3.31. The van der Waals surface area contributed by atoms with E-state index in [2.05, 4.69) is 34.9 Å². The molecule has 0 saturated heterocycles. The molecule has 1 atom stereocenters. The van der Waals surface area contributed by atoms with Crippen molar-refractivity contribution in [3.63, 3.8) is 0 Å². The van der Waals surface area contributed by atoms with Gasteiger partial charge < -0.3 is 0 Å². The van der Waals surface area contributed by atoms with Gasteiger partial charge in [0.1, 0.15) is 0 Å². The zero-order valence-corrected chi connectivity index (χ0v) is 12.2. The van der Waals surface area contributed by atoms with E-state index in [1.54, 1.807) is 0 Å². The lowest BCUT2D eigenvalue weighted by atomic mass is 9.98. The maximum atomic E-state index is 11.7. The first-order chi connectivity index (χ1) is 8.63. The molecule has 0 aliphatic heterocycles. The summed E-state index contributed by atoms with van der Waals surface area (Å²) in [6, 6.07) is 7.64. The highest BCUT2D eigenvalue weighted by Crippen LogP contribution is 2.18. The minimum Gasteiger partial charge on any atom is -0.287 e. The minimum absolute atomic E-state index is 0.0122. The van der Waals surface area contributed by atoms with Crippen LogP contribution in [-0.2, 0) is 6.54 Å². The molecule has 1 aromatic heterocycles. The molecule has 1 heterocycles. The molecule has 2 aromatic rings. The van der Waals surface area contributed by atoms with E-state index in [9.17, 15) is 4.79 Å². The molecular formula is C14H17BrN2O. The van der Waals surface area contributed by atoms with E-state index in [-0.39, 0.29) is 5.43 Å². The molecule has 0 aliphatic rings. The number of halogens is 1. The van der Waals surface area contributed by atoms with Crippen LogP contribution in [0, 0.1) is 11.8 Å². The number of aromatic nitrogens is 2. The van der Waals surface area contributed by atoms with Crippen molar-refractivity contribution in [2.75, 3.05) is 5.33 Å². The average Bonchev–Trinajstić information content (AvgIpc) is 2.38. The highest BCUT2D eigenvalue weighted by molar-refractivity contribution is 9.09. The van der Waals surface area contributed by atoms with Gasteiger partial charge in [0.05, 0.1) is 11.7 Å². The number of para-hydroxylation sites is 1. The van der Waals surface area contributed by atoms with Crippen molar-refractivity contribution in [1.29, 1.82) is 0 Å². The van der Waals surface area contributed by atoms with Crippen molar-refractivity contribution in [2.45, 2.75) is 20.4 Å². The largest absolute Gasteiger partial charge is 0.287 e. The van der Waals surface area contributed by atoms with Crippen LogP contribution in [0.3, 0.4) is 0 Å². The van der Waals surface area contributed by atoms with E-state index < -0.39 is 0 Å². The standard InChI is InChI=1S/C14H17BrN2O/c1-10(2)11(7-15)9-17-13-6-4-3-5-12(13)14(18)8-16-17/h3-6,8,10-11H,7,9H2,1-2H3. The van der Waals surface area contributed by atoms with Gasteiger partial charge in [0, 0.05) is 17.3 Å². The smallest absolute Gasteiger partial charge is 0.207 e. The fourth-order valence-electron chi connectivity index (χ4n) is 1.97. The minimum atomic E-state index is -0.0122. The Morgan fingerprint density at radius 3 is 2.72 bits per heavy atom. The Kier molecular flexibility index (Phi) is 4.17. The van der Waals surface area contributed by atoms with Crippen molar-refractivity contribution in [1.82, 2.24) is 9.78 Å². The summed E-state index contributed by atoms with van der Waals surface area (Å²) in [5.41, 5.74) is 0.901. The Morgan fingerprint density at radius 1 is 1.33 bits per heavy atom. The summed E-state index contributed by atoms with van der Waals surface area (Å²) < 4.78 is 1.93. The second kappa shape index (κ2) is 5.65. The first-order valence-electron chi connectivity index (χ1n) is 6.14. The summed E-state index contributed by atoms with van der Waals surface area (Å²) >= 11 is 3.55. The number of fused-ring (bicyclic) bond motifs is 1. The lowest BCUT2D eigenvalue weighted by Crippen LogP contribution is -2.21. The molecule has 0 fully saturated rings. The van der Waals surface area contributed by atoms with Crippen molar-refractivity contribution in [3.8, 4) is 0 Å². The molecule has 4 heteroatoms. The fraction of sp³-hybridized carbons (Fsp3) is 0.429. The van der Waals surface area contributed by atoms with E-state index in [0.29, 0.717) is 11.8 Å². The predicted octanol–water partition coefficient (Wildman–Crippen LogP) is 3.06. The molecule has 18 heavy (non-hydrogen) atoms. The summed E-state index contributed by atoms with van der Waals surface area (Å²) in [4.78, 5) is 11.7. The third-order valence-corrected chi connectivity index (χ3v) is 4.14. The second-order valence-electron chi connectivity index (χ2n) is 4.87. The molecule has 0 aliphatic carbocycles. The molecule has 0 spiro atoms. The Morgan fingerprint density at radius 2 is 2.06 bits per heavy atom. The zero-order chi connectivity index (χ0) is 13.1. The van der Waals surface area contributed by atoms with Gasteiger partial charge in [-0.25, -0.2) is 0 Å². The Hall–Kier alpha value is -1.16. The van der Waals surface area contributed by atoms with Crippen LogP contribution in [0.5, 0.6) is 0 Å². The normalized spacial score (nSPS) is 13.1. The van der Waals surface area contributed by atoms with Gasteiger partial charge in [-0.3, -0.25) is 9.48 Å². The molecule has 1 unspecified atom stereocenters. The van der Waals surface area contributed by atoms with Crippen molar-refractivity contribution in [2.24, 2.45) is 11.8 Å². The van der Waals surface area contributed by atoms with Crippen LogP contribution in [0.1, 0.15) is 13.8 Å². The van der Waals surface area contributed by atoms with Crippen molar-refractivity contribution < 1.29 is 0 Å². The van der Waals surface area contributed by atoms with Gasteiger partial charge in [-0.15, -0.1) is 0 Å². The summed E-state index contributed by atoms with van der Waals surface area (Å²) in [6.45, 7) is 5.23. The van der Waals surface area contributed by atoms with Gasteiger partial charge in [-0.2, -0.15) is 5.10 Å². The van der Waals surface area contributed by atoms with Gasteiger partial charge >= 0.3 is 0 Å². The number of hydrogen-bond acceptors (Lipinski definition) is 2. The van der Waals surface area contributed by atoms with Gasteiger partial charge in [-0.1, -0.05) is 41.9 Å². The van der Waals surface area contributed by atoms with Crippen LogP contribution in [0.15, 0.2) is 35.3 Å². The fourth-order valence-corrected chi connectivity index (χ4v) is 2.92. The summed E-state index contributed by atoms with van der Waals surface area (Å²) in [5.74, 6) is 1.08. The molecule has 0 bridgehead atoms. The third kappa shape index (κ3) is 2.64. The second-order valence-corrected chi connectivity index (χ2v) is 5.51. The molecule has 0 saturated carbocycles. The van der Waals surface area contributed by atoms with E-state index >= 15 is 0 Å². The highest BCUT2D eigenvalue weighted by Gasteiger charge is 2.14. The maximum Gasteiger partial charge on any atom is 0.207 e. The molecule has 96 valence electrons. The molecular weight excluding hydrogens is 292 g/mol. The SMILES string of the molecule is CC(C)C(CBr)Cn1ncc(=O)c2ccccc21. The monoisotopic (exact) mass is 308 g/mol. The lowest BCUT2D eigenvalue weighted by molar-refractivity contribution is 0.360. The quantitative estimate of drug-likeness (QED) is 0.814. The van der Waals surface area contributed by atoms with Crippen molar-refractivity contribution >= 4 is 26.8 Å². The van der Waals surface area contributed by atoms with Gasteiger partial charge in [-0.05, 0) is 24.0 Å². The molecule has 3 nitrogen and oxygen atoms in total. The number of nitrogens with zero attached hydrogens (tertiary/aromatic N) is 2. The van der Waals surface area contributed by atoms with E-state index in [0.717, 1.165) is 22.8 Å². The van der Waals surface area contributed by atoms with Crippen LogP contribution in [0.2, 0.25) is 0 Å². The number of benzene rings is 1. The average molecular weight is 309 g/mol. The van der Waals surface area contributed by atoms with E-state index in [1.165, 1.54) is 6.20 Å². The molecule has 0 amide bonds. The number of alkyl halides is 1.